The van der Waals surface area contributed by atoms with E-state index in [4.69, 9.17) is 0 Å². The van der Waals surface area contributed by atoms with Crippen molar-refractivity contribution in [3.63, 3.8) is 0 Å². The van der Waals surface area contributed by atoms with Crippen molar-refractivity contribution in [1.82, 2.24) is 35.8 Å². The SMILES string of the molecule is CNCCC[C@@H](CC(=O)Nc1nc(C)c(C(C)(C)C)s1)NC(=O)c1cccc(-n2nnc(C)n2)c1. The number of nitrogens with one attached hydrogen (secondary N) is 3. The molecule has 1 atom stereocenters. The van der Waals surface area contributed by atoms with E-state index in [9.17, 15) is 9.59 Å². The fourth-order valence-corrected chi connectivity index (χ4v) is 4.76. The van der Waals surface area contributed by atoms with Crippen molar-refractivity contribution in [1.29, 1.82) is 0 Å². The lowest BCUT2D eigenvalue weighted by atomic mass is 9.94. The molecule has 0 fully saturated rings. The number of aromatic nitrogens is 5. The van der Waals surface area contributed by atoms with E-state index in [1.165, 1.54) is 16.1 Å². The van der Waals surface area contributed by atoms with Crippen LogP contribution in [0.4, 0.5) is 5.13 Å². The molecule has 2 aromatic heterocycles. The maximum Gasteiger partial charge on any atom is 0.251 e. The lowest BCUT2D eigenvalue weighted by Crippen LogP contribution is -2.38. The molecule has 11 heteroatoms. The van der Waals surface area contributed by atoms with E-state index in [1.54, 1.807) is 31.2 Å². The summed E-state index contributed by atoms with van der Waals surface area (Å²) in [6.07, 6.45) is 1.64. The summed E-state index contributed by atoms with van der Waals surface area (Å²) in [5.74, 6) is 0.108. The van der Waals surface area contributed by atoms with E-state index >= 15 is 0 Å². The van der Waals surface area contributed by atoms with Crippen molar-refractivity contribution >= 4 is 28.3 Å². The Morgan fingerprint density at radius 2 is 1.97 bits per heavy atom. The summed E-state index contributed by atoms with van der Waals surface area (Å²) in [6.45, 7) is 10.9. The highest BCUT2D eigenvalue weighted by Gasteiger charge is 2.23. The number of amides is 2. The number of hydrogen-bond donors (Lipinski definition) is 3. The van der Waals surface area contributed by atoms with Gasteiger partial charge in [-0.3, -0.25) is 9.59 Å². The van der Waals surface area contributed by atoms with Crippen LogP contribution in [0.15, 0.2) is 24.3 Å². The second kappa shape index (κ2) is 11.5. The quantitative estimate of drug-likeness (QED) is 0.367. The molecule has 2 amide bonds. The van der Waals surface area contributed by atoms with Crippen LogP contribution in [0.3, 0.4) is 0 Å². The van der Waals surface area contributed by atoms with Crippen LogP contribution < -0.4 is 16.0 Å². The molecular weight excluding hydrogens is 464 g/mol. The number of thiazole rings is 1. The first kappa shape index (κ1) is 26.4. The molecule has 3 rings (SSSR count). The standard InChI is InChI=1S/C24H34N8O2S/c1-15-21(24(3,4)5)35-23(26-15)28-20(33)14-18(10-8-12-25-6)27-22(34)17-9-7-11-19(13-17)32-30-16(2)29-31-32/h7,9,11,13,18,25H,8,10,12,14H2,1-6H3,(H,27,34)(H,26,28,33)/t18-/m0/s1. The highest BCUT2D eigenvalue weighted by atomic mass is 32.1. The molecule has 2 heterocycles. The number of rotatable bonds is 10. The smallest absolute Gasteiger partial charge is 0.251 e. The number of carbonyl (C=O) groups is 2. The van der Waals surface area contributed by atoms with Gasteiger partial charge >= 0.3 is 0 Å². The molecule has 3 aromatic rings. The van der Waals surface area contributed by atoms with Crippen LogP contribution >= 0.6 is 11.3 Å². The fraction of sp³-hybridized carbons (Fsp3) is 0.500. The van der Waals surface area contributed by atoms with Crippen molar-refractivity contribution in [3.05, 3.63) is 46.2 Å². The Balaban J connectivity index is 1.68. The van der Waals surface area contributed by atoms with Crippen molar-refractivity contribution in [2.75, 3.05) is 18.9 Å². The van der Waals surface area contributed by atoms with Gasteiger partial charge in [-0.2, -0.15) is 0 Å². The molecule has 0 saturated heterocycles. The van der Waals surface area contributed by atoms with Gasteiger partial charge in [0, 0.05) is 22.9 Å². The zero-order valence-corrected chi connectivity index (χ0v) is 22.0. The van der Waals surface area contributed by atoms with Crippen LogP contribution in [0.25, 0.3) is 5.69 Å². The zero-order chi connectivity index (χ0) is 25.6. The Morgan fingerprint density at radius 3 is 2.60 bits per heavy atom. The largest absolute Gasteiger partial charge is 0.349 e. The van der Waals surface area contributed by atoms with Gasteiger partial charge in [-0.15, -0.1) is 26.3 Å². The first-order valence-corrected chi connectivity index (χ1v) is 12.5. The average molecular weight is 499 g/mol. The fourth-order valence-electron chi connectivity index (χ4n) is 3.72. The molecule has 0 radical (unpaired) electrons. The van der Waals surface area contributed by atoms with E-state index in [2.05, 4.69) is 57.1 Å². The van der Waals surface area contributed by atoms with Gasteiger partial charge in [0.25, 0.3) is 5.91 Å². The first-order valence-electron chi connectivity index (χ1n) is 11.7. The van der Waals surface area contributed by atoms with Crippen molar-refractivity contribution in [3.8, 4) is 5.69 Å². The maximum absolute atomic E-state index is 13.0. The molecule has 0 spiro atoms. The minimum Gasteiger partial charge on any atom is -0.349 e. The summed E-state index contributed by atoms with van der Waals surface area (Å²) in [5, 5.41) is 21.7. The van der Waals surface area contributed by atoms with Crippen LogP contribution in [0.2, 0.25) is 0 Å². The second-order valence-electron chi connectivity index (χ2n) is 9.53. The van der Waals surface area contributed by atoms with E-state index in [1.807, 2.05) is 14.0 Å². The maximum atomic E-state index is 13.0. The molecule has 35 heavy (non-hydrogen) atoms. The van der Waals surface area contributed by atoms with Gasteiger partial charge in [-0.25, -0.2) is 4.98 Å². The lowest BCUT2D eigenvalue weighted by Gasteiger charge is -2.18. The van der Waals surface area contributed by atoms with Crippen LogP contribution in [-0.4, -0.2) is 56.6 Å². The molecule has 188 valence electrons. The highest BCUT2D eigenvalue weighted by molar-refractivity contribution is 7.16. The van der Waals surface area contributed by atoms with Crippen molar-refractivity contribution < 1.29 is 9.59 Å². The third kappa shape index (κ3) is 7.40. The summed E-state index contributed by atoms with van der Waals surface area (Å²) in [4.78, 5) is 32.9. The van der Waals surface area contributed by atoms with Crippen LogP contribution in [0.1, 0.15) is 66.8 Å². The van der Waals surface area contributed by atoms with Gasteiger partial charge in [-0.1, -0.05) is 26.8 Å². The topological polar surface area (TPSA) is 127 Å². The first-order chi connectivity index (χ1) is 16.6. The number of hydrogen-bond acceptors (Lipinski definition) is 8. The van der Waals surface area contributed by atoms with E-state index in [0.29, 0.717) is 28.6 Å². The number of nitrogens with zero attached hydrogens (tertiary/aromatic N) is 5. The zero-order valence-electron chi connectivity index (χ0n) is 21.2. The molecule has 3 N–H and O–H groups in total. The molecule has 0 unspecified atom stereocenters. The third-order valence-corrected chi connectivity index (χ3v) is 6.82. The Hall–Kier alpha value is -3.18. The van der Waals surface area contributed by atoms with Gasteiger partial charge in [0.1, 0.15) is 0 Å². The summed E-state index contributed by atoms with van der Waals surface area (Å²) in [5.41, 5.74) is 1.98. The molecule has 0 aliphatic carbocycles. The summed E-state index contributed by atoms with van der Waals surface area (Å²) < 4.78 is 0. The molecule has 0 aliphatic heterocycles. The monoisotopic (exact) mass is 498 g/mol. The van der Waals surface area contributed by atoms with E-state index in [-0.39, 0.29) is 29.7 Å². The average Bonchev–Trinajstić information content (AvgIpc) is 3.39. The number of carbonyl (C=O) groups excluding carboxylic acids is 2. The third-order valence-electron chi connectivity index (χ3n) is 5.32. The van der Waals surface area contributed by atoms with Gasteiger partial charge in [-0.05, 0) is 69.1 Å². The normalized spacial score (nSPS) is 12.4. The Morgan fingerprint density at radius 1 is 1.20 bits per heavy atom. The van der Waals surface area contributed by atoms with Gasteiger partial charge < -0.3 is 16.0 Å². The number of aryl methyl sites for hydroxylation is 2. The molecule has 1 aromatic carbocycles. The van der Waals surface area contributed by atoms with Crippen LogP contribution in [-0.2, 0) is 10.2 Å². The van der Waals surface area contributed by atoms with Crippen LogP contribution in [0, 0.1) is 13.8 Å². The minimum atomic E-state index is -0.325. The number of anilines is 1. The molecular formula is C24H34N8O2S. The second-order valence-corrected chi connectivity index (χ2v) is 10.5. The minimum absolute atomic E-state index is 0.0383. The highest BCUT2D eigenvalue weighted by Crippen LogP contribution is 2.33. The van der Waals surface area contributed by atoms with Gasteiger partial charge in [0.2, 0.25) is 5.91 Å². The van der Waals surface area contributed by atoms with Crippen molar-refractivity contribution in [2.24, 2.45) is 0 Å². The van der Waals surface area contributed by atoms with Gasteiger partial charge in [0.05, 0.1) is 11.4 Å². The Kier molecular flexibility index (Phi) is 8.68. The van der Waals surface area contributed by atoms with E-state index < -0.39 is 0 Å². The predicted octanol–water partition coefficient (Wildman–Crippen LogP) is 3.16. The Labute approximate surface area is 209 Å². The molecule has 0 saturated carbocycles. The number of tetrazole rings is 1. The van der Waals surface area contributed by atoms with E-state index in [0.717, 1.165) is 23.5 Å². The summed E-state index contributed by atoms with van der Waals surface area (Å²) in [7, 11) is 1.88. The molecule has 0 bridgehead atoms. The van der Waals surface area contributed by atoms with Crippen LogP contribution in [0.5, 0.6) is 0 Å². The Bertz CT molecular complexity index is 1160. The summed E-state index contributed by atoms with van der Waals surface area (Å²) in [6, 6.07) is 6.67. The molecule has 10 nitrogen and oxygen atoms in total. The molecule has 0 aliphatic rings. The predicted molar refractivity (Wildman–Crippen MR) is 137 cm³/mol. The van der Waals surface area contributed by atoms with Gasteiger partial charge in [0.15, 0.2) is 11.0 Å². The van der Waals surface area contributed by atoms with Crippen molar-refractivity contribution in [2.45, 2.75) is 65.3 Å². The lowest BCUT2D eigenvalue weighted by molar-refractivity contribution is -0.116. The number of benzene rings is 1. The summed E-state index contributed by atoms with van der Waals surface area (Å²) >= 11 is 1.50.